The number of anilines is 2. The summed E-state index contributed by atoms with van der Waals surface area (Å²) in [4.78, 5) is 14.8. The van der Waals surface area contributed by atoms with Crippen LogP contribution >= 0.6 is 20.0 Å². The van der Waals surface area contributed by atoms with Crippen molar-refractivity contribution in [2.45, 2.75) is 37.5 Å². The molecule has 0 aliphatic carbocycles. The Hall–Kier alpha value is -2.51. The molecule has 0 unspecified atom stereocenters. The fraction of sp³-hybridized carbons (Fsp3) is 0.435. The molecule has 2 aromatic rings. The molecule has 16 heteroatoms. The Labute approximate surface area is 234 Å². The van der Waals surface area contributed by atoms with Gasteiger partial charge in [0.25, 0.3) is 0 Å². The number of halogens is 1. The standard InChI is InChI=1S/C23H31N4O8PS2.ClH/c1-37(30,31)25-17-7-11-19(12-8-17)34-36(29,35-20-13-9-18(10-14-20)26-38(2,32)33)22-6-4-16-27(22)23(28)21-5-3-15-24-21;/h7-14,21-22,24-26H,3-6,15-16H2,1-2H3;1H/t21-,22+;/m0./s1. The van der Waals surface area contributed by atoms with Crippen LogP contribution in [0, 0.1) is 0 Å². The molecule has 2 aliphatic rings. The van der Waals surface area contributed by atoms with Gasteiger partial charge in [-0.2, -0.15) is 0 Å². The van der Waals surface area contributed by atoms with Gasteiger partial charge in [-0.25, -0.2) is 21.4 Å². The summed E-state index contributed by atoms with van der Waals surface area (Å²) in [7, 11) is -11.0. The first-order chi connectivity index (χ1) is 17.8. The monoisotopic (exact) mass is 622 g/mol. The lowest BCUT2D eigenvalue weighted by Crippen LogP contribution is -2.46. The lowest BCUT2D eigenvalue weighted by molar-refractivity contribution is -0.132. The average Bonchev–Trinajstić information content (AvgIpc) is 3.52. The van der Waals surface area contributed by atoms with Crippen LogP contribution in [0.5, 0.6) is 11.5 Å². The van der Waals surface area contributed by atoms with Crippen molar-refractivity contribution in [2.75, 3.05) is 35.0 Å². The number of hydrogen-bond acceptors (Lipinski definition) is 9. The molecular formula is C23H32ClN4O8PS2. The molecule has 0 saturated carbocycles. The van der Waals surface area contributed by atoms with Crippen molar-refractivity contribution < 1.29 is 35.2 Å². The van der Waals surface area contributed by atoms with Gasteiger partial charge in [0.1, 0.15) is 11.5 Å². The second-order valence-electron chi connectivity index (χ2n) is 9.32. The summed E-state index contributed by atoms with van der Waals surface area (Å²) in [6, 6.07) is 11.3. The number of nitrogens with zero attached hydrogens (tertiary/aromatic N) is 1. The van der Waals surface area contributed by atoms with E-state index in [0.29, 0.717) is 37.2 Å². The van der Waals surface area contributed by atoms with Gasteiger partial charge in [-0.15, -0.1) is 12.4 Å². The van der Waals surface area contributed by atoms with E-state index in [4.69, 9.17) is 9.05 Å². The van der Waals surface area contributed by atoms with Gasteiger partial charge < -0.3 is 19.3 Å². The molecule has 2 aliphatic heterocycles. The molecule has 2 atom stereocenters. The molecule has 1 amide bonds. The number of likely N-dealkylation sites (tertiary alicyclic amines) is 1. The van der Waals surface area contributed by atoms with Crippen molar-refractivity contribution in [3.63, 3.8) is 0 Å². The molecule has 2 aromatic carbocycles. The van der Waals surface area contributed by atoms with E-state index in [9.17, 15) is 26.2 Å². The van der Waals surface area contributed by atoms with Gasteiger partial charge in [0.2, 0.25) is 26.0 Å². The Morgan fingerprint density at radius 1 is 0.872 bits per heavy atom. The summed E-state index contributed by atoms with van der Waals surface area (Å²) in [5.74, 6) is -0.667. The number of carbonyl (C=O) groups is 1. The van der Waals surface area contributed by atoms with Gasteiger partial charge >= 0.3 is 7.60 Å². The third kappa shape index (κ3) is 8.49. The zero-order chi connectivity index (χ0) is 27.6. The number of carbonyl (C=O) groups excluding carboxylic acids is 1. The number of hydrogen-bond donors (Lipinski definition) is 3. The molecule has 216 valence electrons. The molecule has 2 saturated heterocycles. The summed E-state index contributed by atoms with van der Waals surface area (Å²) < 4.78 is 77.1. The molecule has 12 nitrogen and oxygen atoms in total. The van der Waals surface area contributed by atoms with Gasteiger partial charge in [0, 0.05) is 17.9 Å². The van der Waals surface area contributed by atoms with Crippen LogP contribution in [0.3, 0.4) is 0 Å². The molecule has 39 heavy (non-hydrogen) atoms. The minimum Gasteiger partial charge on any atom is -0.415 e. The minimum absolute atomic E-state index is 0. The van der Waals surface area contributed by atoms with E-state index in [0.717, 1.165) is 25.5 Å². The van der Waals surface area contributed by atoms with Crippen molar-refractivity contribution in [3.8, 4) is 11.5 Å². The first-order valence-corrected chi connectivity index (χ1v) is 17.4. The Bertz CT molecular complexity index is 1330. The van der Waals surface area contributed by atoms with E-state index in [2.05, 4.69) is 14.8 Å². The van der Waals surface area contributed by atoms with Crippen LogP contribution in [0.4, 0.5) is 11.4 Å². The molecule has 2 fully saturated rings. The van der Waals surface area contributed by atoms with Crippen molar-refractivity contribution >= 4 is 57.3 Å². The highest BCUT2D eigenvalue weighted by Crippen LogP contribution is 2.57. The normalized spacial score (nSPS) is 19.7. The maximum Gasteiger partial charge on any atom is 0.453 e. The van der Waals surface area contributed by atoms with Gasteiger partial charge in [-0.1, -0.05) is 0 Å². The van der Waals surface area contributed by atoms with Crippen molar-refractivity contribution in [3.05, 3.63) is 48.5 Å². The predicted octanol–water partition coefficient (Wildman–Crippen LogP) is 3.20. The fourth-order valence-electron chi connectivity index (χ4n) is 4.46. The second kappa shape index (κ2) is 12.3. The van der Waals surface area contributed by atoms with E-state index in [1.165, 1.54) is 48.5 Å². The lowest BCUT2D eigenvalue weighted by Gasteiger charge is -2.32. The largest absolute Gasteiger partial charge is 0.453 e. The second-order valence-corrected chi connectivity index (χ2v) is 14.9. The van der Waals surface area contributed by atoms with E-state index in [1.807, 2.05) is 0 Å². The molecule has 0 radical (unpaired) electrons. The number of rotatable bonds is 10. The van der Waals surface area contributed by atoms with Crippen molar-refractivity contribution in [1.82, 2.24) is 10.2 Å². The summed E-state index contributed by atoms with van der Waals surface area (Å²) >= 11 is 0. The lowest BCUT2D eigenvalue weighted by atomic mass is 10.2. The molecule has 0 spiro atoms. The SMILES string of the molecule is CS(=O)(=O)Nc1ccc(OP(=O)(Oc2ccc(NS(C)(=O)=O)cc2)[C@@H]2CCCN2C(=O)[C@@H]2CCCN2)cc1.Cl. The highest BCUT2D eigenvalue weighted by Gasteiger charge is 2.49. The van der Waals surface area contributed by atoms with E-state index in [1.54, 1.807) is 4.90 Å². The zero-order valence-electron chi connectivity index (χ0n) is 21.4. The van der Waals surface area contributed by atoms with Crippen LogP contribution in [-0.2, 0) is 29.4 Å². The Morgan fingerprint density at radius 2 is 1.36 bits per heavy atom. The quantitative estimate of drug-likeness (QED) is 0.338. The molecule has 0 aromatic heterocycles. The molecule has 0 bridgehead atoms. The maximum absolute atomic E-state index is 14.4. The topological polar surface area (TPSA) is 160 Å². The number of sulfonamides is 2. The summed E-state index contributed by atoms with van der Waals surface area (Å²) in [6.45, 7) is 1.15. The van der Waals surface area contributed by atoms with E-state index < -0.39 is 33.4 Å². The zero-order valence-corrected chi connectivity index (χ0v) is 24.7. The Balaban J connectivity index is 0.00000420. The number of nitrogens with one attached hydrogen (secondary N) is 3. The summed E-state index contributed by atoms with van der Waals surface area (Å²) in [5, 5.41) is 3.18. The minimum atomic E-state index is -4.07. The third-order valence-electron chi connectivity index (χ3n) is 6.01. The van der Waals surface area contributed by atoms with Gasteiger partial charge in [0.15, 0.2) is 5.78 Å². The Kier molecular flexibility index (Phi) is 9.82. The Morgan fingerprint density at radius 3 is 1.77 bits per heavy atom. The number of amides is 1. The smallest absolute Gasteiger partial charge is 0.415 e. The molecule has 3 N–H and O–H groups in total. The molecule has 4 rings (SSSR count). The third-order valence-corrected chi connectivity index (χ3v) is 9.42. The molecular weight excluding hydrogens is 591 g/mol. The van der Waals surface area contributed by atoms with E-state index in [-0.39, 0.29) is 35.9 Å². The first-order valence-electron chi connectivity index (χ1n) is 12.0. The predicted molar refractivity (Wildman–Crippen MR) is 152 cm³/mol. The van der Waals surface area contributed by atoms with Crippen LogP contribution < -0.4 is 23.8 Å². The van der Waals surface area contributed by atoms with Gasteiger partial charge in [-0.3, -0.25) is 14.2 Å². The fourth-order valence-corrected chi connectivity index (χ4v) is 7.77. The van der Waals surface area contributed by atoms with Gasteiger partial charge in [-0.05, 0) is 80.8 Å². The first kappa shape index (κ1) is 31.0. The average molecular weight is 623 g/mol. The summed E-state index contributed by atoms with van der Waals surface area (Å²) in [6.07, 6.45) is 4.65. The van der Waals surface area contributed by atoms with Gasteiger partial charge in [0.05, 0.1) is 18.6 Å². The molecule has 2 heterocycles. The highest BCUT2D eigenvalue weighted by atomic mass is 35.5. The van der Waals surface area contributed by atoms with Crippen molar-refractivity contribution in [1.29, 1.82) is 0 Å². The van der Waals surface area contributed by atoms with Crippen LogP contribution in [0.1, 0.15) is 25.7 Å². The summed E-state index contributed by atoms with van der Waals surface area (Å²) in [5.41, 5.74) is 0.601. The maximum atomic E-state index is 14.4. The van der Waals surface area contributed by atoms with Crippen LogP contribution in [0.25, 0.3) is 0 Å². The van der Waals surface area contributed by atoms with Crippen LogP contribution in [-0.4, -0.2) is 65.1 Å². The van der Waals surface area contributed by atoms with Crippen molar-refractivity contribution in [2.24, 2.45) is 0 Å². The van der Waals surface area contributed by atoms with Crippen LogP contribution in [0.15, 0.2) is 48.5 Å². The number of benzene rings is 2. The van der Waals surface area contributed by atoms with Crippen LogP contribution in [0.2, 0.25) is 0 Å². The van der Waals surface area contributed by atoms with E-state index >= 15 is 0 Å². The highest BCUT2D eigenvalue weighted by molar-refractivity contribution is 7.92.